The molecule has 0 aliphatic carbocycles. The van der Waals surface area contributed by atoms with Crippen molar-refractivity contribution in [2.75, 3.05) is 13.2 Å². The Kier molecular flexibility index (Phi) is 2.02. The maximum Gasteiger partial charge on any atom is 0.110 e. The maximum absolute atomic E-state index is 8.87. The zero-order valence-corrected chi connectivity index (χ0v) is 4.90. The van der Waals surface area contributed by atoms with E-state index in [9.17, 15) is 0 Å². The minimum Gasteiger partial charge on any atom is -0.388 e. The van der Waals surface area contributed by atoms with E-state index < -0.39 is 18.3 Å². The third-order valence-corrected chi connectivity index (χ3v) is 1.37. The van der Waals surface area contributed by atoms with Crippen LogP contribution in [0.15, 0.2) is 0 Å². The van der Waals surface area contributed by atoms with Crippen molar-refractivity contribution >= 4 is 0 Å². The van der Waals surface area contributed by atoms with Crippen LogP contribution < -0.4 is 0 Å². The van der Waals surface area contributed by atoms with E-state index in [0.717, 1.165) is 0 Å². The fraction of sp³-hybridized carbons (Fsp3) is 1.00. The molecular formula is C5H10O4. The number of rotatable bonds is 0. The predicted molar refractivity (Wildman–Crippen MR) is 28.8 cm³/mol. The Morgan fingerprint density at radius 1 is 1.00 bits per heavy atom. The summed E-state index contributed by atoms with van der Waals surface area (Å²) in [6.45, 7) is 0.219. The molecule has 3 atom stereocenters. The molecule has 1 aliphatic rings. The Hall–Kier alpha value is -0.160. The van der Waals surface area contributed by atoms with Gasteiger partial charge in [0.2, 0.25) is 0 Å². The van der Waals surface area contributed by atoms with Gasteiger partial charge in [-0.05, 0) is 0 Å². The lowest BCUT2D eigenvalue weighted by Crippen LogP contribution is -2.47. The van der Waals surface area contributed by atoms with Crippen LogP contribution in [0.25, 0.3) is 0 Å². The van der Waals surface area contributed by atoms with Crippen LogP contribution >= 0.6 is 0 Å². The van der Waals surface area contributed by atoms with Gasteiger partial charge in [-0.1, -0.05) is 0 Å². The van der Waals surface area contributed by atoms with Gasteiger partial charge >= 0.3 is 0 Å². The normalized spacial score (nSPS) is 45.0. The first-order valence-electron chi connectivity index (χ1n) is 2.84. The highest BCUT2D eigenvalue weighted by atomic mass is 16.5. The quantitative estimate of drug-likeness (QED) is 0.362. The van der Waals surface area contributed by atoms with Crippen LogP contribution in [0.1, 0.15) is 0 Å². The summed E-state index contributed by atoms with van der Waals surface area (Å²) < 4.78 is 4.70. The third-order valence-electron chi connectivity index (χ3n) is 1.37. The van der Waals surface area contributed by atoms with Crippen LogP contribution in [0, 0.1) is 0 Å². The van der Waals surface area contributed by atoms with Gasteiger partial charge in [-0.25, -0.2) is 0 Å². The topological polar surface area (TPSA) is 69.9 Å². The molecular weight excluding hydrogens is 124 g/mol. The van der Waals surface area contributed by atoms with Crippen LogP contribution in [0.3, 0.4) is 0 Å². The molecule has 0 aromatic rings. The molecule has 1 saturated heterocycles. The van der Waals surface area contributed by atoms with Crippen LogP contribution in [0.4, 0.5) is 0 Å². The Bertz CT molecular complexity index is 85.0. The maximum atomic E-state index is 8.87. The standard InChI is InChI=1S/C5H10O4/c6-3-1-9-2-4(7)5(3)8/h3-8H,1-2H2/t3-,4?,5-/m1/s1. The Balaban J connectivity index is 2.41. The van der Waals surface area contributed by atoms with E-state index in [4.69, 9.17) is 20.1 Å². The van der Waals surface area contributed by atoms with E-state index in [1.54, 1.807) is 0 Å². The monoisotopic (exact) mass is 134 g/mol. The molecule has 0 bridgehead atoms. The molecule has 0 radical (unpaired) electrons. The highest BCUT2D eigenvalue weighted by Gasteiger charge is 2.29. The molecule has 0 aromatic heterocycles. The van der Waals surface area contributed by atoms with Crippen molar-refractivity contribution in [3.8, 4) is 0 Å². The number of hydrogen-bond donors (Lipinski definition) is 3. The molecule has 3 N–H and O–H groups in total. The van der Waals surface area contributed by atoms with Gasteiger partial charge in [0.1, 0.15) is 18.3 Å². The zero-order valence-electron chi connectivity index (χ0n) is 4.90. The number of aliphatic hydroxyl groups excluding tert-OH is 3. The van der Waals surface area contributed by atoms with Gasteiger partial charge in [0.05, 0.1) is 13.2 Å². The molecule has 54 valence electrons. The average molecular weight is 134 g/mol. The summed E-state index contributed by atoms with van der Waals surface area (Å²) in [4.78, 5) is 0. The third kappa shape index (κ3) is 1.40. The van der Waals surface area contributed by atoms with E-state index in [1.165, 1.54) is 0 Å². The lowest BCUT2D eigenvalue weighted by molar-refractivity contribution is -0.150. The van der Waals surface area contributed by atoms with E-state index in [2.05, 4.69) is 0 Å². The molecule has 0 saturated carbocycles. The lowest BCUT2D eigenvalue weighted by atomic mass is 10.1. The number of hydrogen-bond acceptors (Lipinski definition) is 4. The van der Waals surface area contributed by atoms with Crippen molar-refractivity contribution in [2.45, 2.75) is 18.3 Å². The first kappa shape index (κ1) is 6.95. The Morgan fingerprint density at radius 2 is 1.44 bits per heavy atom. The van der Waals surface area contributed by atoms with Gasteiger partial charge in [0, 0.05) is 0 Å². The zero-order chi connectivity index (χ0) is 6.85. The van der Waals surface area contributed by atoms with Crippen molar-refractivity contribution in [2.24, 2.45) is 0 Å². The highest BCUT2D eigenvalue weighted by molar-refractivity contribution is 4.78. The molecule has 1 heterocycles. The molecule has 4 nitrogen and oxygen atoms in total. The van der Waals surface area contributed by atoms with Gasteiger partial charge in [-0.3, -0.25) is 0 Å². The second kappa shape index (κ2) is 2.62. The first-order valence-corrected chi connectivity index (χ1v) is 2.84. The summed E-state index contributed by atoms with van der Waals surface area (Å²) >= 11 is 0. The molecule has 1 rings (SSSR count). The van der Waals surface area contributed by atoms with Crippen LogP contribution in [-0.4, -0.2) is 46.8 Å². The van der Waals surface area contributed by atoms with Crippen molar-refractivity contribution in [1.82, 2.24) is 0 Å². The predicted octanol–water partition coefficient (Wildman–Crippen LogP) is -1.90. The van der Waals surface area contributed by atoms with Crippen molar-refractivity contribution in [3.63, 3.8) is 0 Å². The highest BCUT2D eigenvalue weighted by Crippen LogP contribution is 2.07. The number of ether oxygens (including phenoxy) is 1. The lowest BCUT2D eigenvalue weighted by Gasteiger charge is -2.27. The molecule has 1 fully saturated rings. The van der Waals surface area contributed by atoms with Crippen molar-refractivity contribution in [3.05, 3.63) is 0 Å². The SMILES string of the molecule is OC1COC[C@@H](O)[C@H]1O. The molecule has 0 spiro atoms. The van der Waals surface area contributed by atoms with Crippen molar-refractivity contribution < 1.29 is 20.1 Å². The Morgan fingerprint density at radius 3 is 1.78 bits per heavy atom. The molecule has 4 heteroatoms. The molecule has 0 aromatic carbocycles. The molecule has 1 aliphatic heterocycles. The van der Waals surface area contributed by atoms with E-state index in [0.29, 0.717) is 0 Å². The molecule has 9 heavy (non-hydrogen) atoms. The smallest absolute Gasteiger partial charge is 0.110 e. The minimum absolute atomic E-state index is 0.109. The second-order valence-electron chi connectivity index (χ2n) is 2.16. The fourth-order valence-corrected chi connectivity index (χ4v) is 0.763. The van der Waals surface area contributed by atoms with Crippen molar-refractivity contribution in [1.29, 1.82) is 0 Å². The summed E-state index contributed by atoms with van der Waals surface area (Å²) in [5.74, 6) is 0. The molecule has 0 amide bonds. The van der Waals surface area contributed by atoms with Gasteiger partial charge < -0.3 is 20.1 Å². The summed E-state index contributed by atoms with van der Waals surface area (Å²) in [5.41, 5.74) is 0. The van der Waals surface area contributed by atoms with E-state index in [1.807, 2.05) is 0 Å². The van der Waals surface area contributed by atoms with E-state index in [-0.39, 0.29) is 13.2 Å². The summed E-state index contributed by atoms with van der Waals surface area (Å²) in [7, 11) is 0. The van der Waals surface area contributed by atoms with Crippen LogP contribution in [0.5, 0.6) is 0 Å². The van der Waals surface area contributed by atoms with Crippen LogP contribution in [-0.2, 0) is 4.74 Å². The van der Waals surface area contributed by atoms with Gasteiger partial charge in [-0.15, -0.1) is 0 Å². The minimum atomic E-state index is -1.04. The first-order chi connectivity index (χ1) is 4.22. The average Bonchev–Trinajstić information content (AvgIpc) is 1.83. The fourth-order valence-electron chi connectivity index (χ4n) is 0.763. The number of aliphatic hydroxyl groups is 3. The van der Waals surface area contributed by atoms with Gasteiger partial charge in [-0.2, -0.15) is 0 Å². The molecule has 1 unspecified atom stereocenters. The van der Waals surface area contributed by atoms with Gasteiger partial charge in [0.25, 0.3) is 0 Å². The van der Waals surface area contributed by atoms with Crippen LogP contribution in [0.2, 0.25) is 0 Å². The summed E-state index contributed by atoms with van der Waals surface area (Å²) in [5, 5.41) is 26.5. The Labute approximate surface area is 52.7 Å². The summed E-state index contributed by atoms with van der Waals surface area (Å²) in [6, 6.07) is 0. The van der Waals surface area contributed by atoms with E-state index >= 15 is 0 Å². The largest absolute Gasteiger partial charge is 0.388 e. The summed E-state index contributed by atoms with van der Waals surface area (Å²) in [6.07, 6.45) is -2.92. The second-order valence-corrected chi connectivity index (χ2v) is 2.16. The van der Waals surface area contributed by atoms with Gasteiger partial charge in [0.15, 0.2) is 0 Å².